The molecule has 6 nitrogen and oxygen atoms in total. The summed E-state index contributed by atoms with van der Waals surface area (Å²) in [7, 11) is 2.71. The van der Waals surface area contributed by atoms with Gasteiger partial charge in [-0.1, -0.05) is 0 Å². The molecule has 0 spiro atoms. The van der Waals surface area contributed by atoms with E-state index in [2.05, 4.69) is 9.72 Å². The maximum absolute atomic E-state index is 11.3. The van der Waals surface area contributed by atoms with Crippen molar-refractivity contribution in [3.05, 3.63) is 29.5 Å². The first kappa shape index (κ1) is 13.5. The number of aromatic hydroxyl groups is 1. The van der Waals surface area contributed by atoms with E-state index in [0.29, 0.717) is 16.7 Å². The Bertz CT molecular complexity index is 737. The van der Waals surface area contributed by atoms with E-state index in [-0.39, 0.29) is 17.0 Å². The molecule has 1 aromatic carbocycles. The summed E-state index contributed by atoms with van der Waals surface area (Å²) in [5, 5.41) is 19.6. The summed E-state index contributed by atoms with van der Waals surface area (Å²) in [6, 6.07) is 6.85. The standard InChI is InChI=1S/C14H12N2O4/c1-19-9-3-4-11-10(6-9)13(17)12(16-11)5-8(7-15)14(18)20-2/h3-6,16-17H,1-2H3/b8-5+. The lowest BCUT2D eigenvalue weighted by molar-refractivity contribution is -0.135. The fourth-order valence-corrected chi connectivity index (χ4v) is 1.80. The van der Waals surface area contributed by atoms with Crippen molar-refractivity contribution in [1.82, 2.24) is 4.98 Å². The first-order chi connectivity index (χ1) is 9.60. The Hall–Kier alpha value is -2.94. The van der Waals surface area contributed by atoms with E-state index in [9.17, 15) is 9.90 Å². The zero-order valence-corrected chi connectivity index (χ0v) is 10.9. The number of hydrogen-bond donors (Lipinski definition) is 2. The fourth-order valence-electron chi connectivity index (χ4n) is 1.80. The van der Waals surface area contributed by atoms with Crippen LogP contribution in [0.3, 0.4) is 0 Å². The van der Waals surface area contributed by atoms with E-state index in [1.165, 1.54) is 20.3 Å². The zero-order valence-electron chi connectivity index (χ0n) is 10.9. The Morgan fingerprint density at radius 1 is 1.45 bits per heavy atom. The summed E-state index contributed by atoms with van der Waals surface area (Å²) in [5.41, 5.74) is 0.716. The number of rotatable bonds is 3. The van der Waals surface area contributed by atoms with Crippen molar-refractivity contribution in [2.45, 2.75) is 0 Å². The highest BCUT2D eigenvalue weighted by molar-refractivity contribution is 6.00. The van der Waals surface area contributed by atoms with Gasteiger partial charge in [-0.05, 0) is 24.3 Å². The Balaban J connectivity index is 2.56. The van der Waals surface area contributed by atoms with Crippen molar-refractivity contribution >= 4 is 22.9 Å². The van der Waals surface area contributed by atoms with Crippen molar-refractivity contribution < 1.29 is 19.4 Å². The SMILES string of the molecule is COC(=O)/C(C#N)=C/c1[nH]c2ccc(OC)cc2c1O. The molecule has 0 bridgehead atoms. The molecule has 6 heteroatoms. The van der Waals surface area contributed by atoms with Crippen LogP contribution in [-0.4, -0.2) is 30.3 Å². The van der Waals surface area contributed by atoms with Crippen LogP contribution in [0, 0.1) is 11.3 Å². The van der Waals surface area contributed by atoms with Gasteiger partial charge in [0.2, 0.25) is 0 Å². The van der Waals surface area contributed by atoms with Gasteiger partial charge in [-0.15, -0.1) is 0 Å². The first-order valence-electron chi connectivity index (χ1n) is 5.69. The number of nitriles is 1. The Labute approximate surface area is 114 Å². The second kappa shape index (κ2) is 5.36. The quantitative estimate of drug-likeness (QED) is 0.506. The van der Waals surface area contributed by atoms with Gasteiger partial charge in [0.15, 0.2) is 0 Å². The van der Waals surface area contributed by atoms with Gasteiger partial charge in [-0.3, -0.25) is 0 Å². The molecule has 0 aliphatic carbocycles. The van der Waals surface area contributed by atoms with Crippen molar-refractivity contribution in [3.63, 3.8) is 0 Å². The molecular weight excluding hydrogens is 260 g/mol. The summed E-state index contributed by atoms with van der Waals surface area (Å²) in [6.07, 6.45) is 1.24. The van der Waals surface area contributed by atoms with E-state index < -0.39 is 5.97 Å². The monoisotopic (exact) mass is 272 g/mol. The number of fused-ring (bicyclic) bond motifs is 1. The molecule has 0 unspecified atom stereocenters. The van der Waals surface area contributed by atoms with Crippen LogP contribution in [-0.2, 0) is 9.53 Å². The number of ether oxygens (including phenoxy) is 2. The number of H-pyrrole nitrogens is 1. The van der Waals surface area contributed by atoms with Crippen LogP contribution in [0.15, 0.2) is 23.8 Å². The third-order valence-corrected chi connectivity index (χ3v) is 2.82. The van der Waals surface area contributed by atoms with Gasteiger partial charge in [0.25, 0.3) is 0 Å². The summed E-state index contributed by atoms with van der Waals surface area (Å²) in [4.78, 5) is 14.3. The lowest BCUT2D eigenvalue weighted by Crippen LogP contribution is -2.02. The number of aromatic amines is 1. The van der Waals surface area contributed by atoms with Gasteiger partial charge in [-0.2, -0.15) is 5.26 Å². The predicted molar refractivity (Wildman–Crippen MR) is 72.1 cm³/mol. The number of nitrogens with one attached hydrogen (secondary N) is 1. The van der Waals surface area contributed by atoms with E-state index in [0.717, 1.165) is 0 Å². The molecule has 2 N–H and O–H groups in total. The predicted octanol–water partition coefficient (Wildman–Crippen LogP) is 1.96. The Morgan fingerprint density at radius 2 is 2.20 bits per heavy atom. The minimum absolute atomic E-state index is 0.0597. The third kappa shape index (κ3) is 2.29. The average molecular weight is 272 g/mol. The van der Waals surface area contributed by atoms with Gasteiger partial charge in [0.05, 0.1) is 19.9 Å². The molecular formula is C14H12N2O4. The average Bonchev–Trinajstić information content (AvgIpc) is 2.79. The molecule has 0 radical (unpaired) electrons. The van der Waals surface area contributed by atoms with E-state index in [1.54, 1.807) is 24.3 Å². The minimum Gasteiger partial charge on any atom is -0.505 e. The molecule has 20 heavy (non-hydrogen) atoms. The van der Waals surface area contributed by atoms with Crippen LogP contribution in [0.1, 0.15) is 5.69 Å². The highest BCUT2D eigenvalue weighted by Gasteiger charge is 2.14. The number of esters is 1. The van der Waals surface area contributed by atoms with Crippen LogP contribution in [0.2, 0.25) is 0 Å². The molecule has 1 heterocycles. The lowest BCUT2D eigenvalue weighted by Gasteiger charge is -1.98. The number of carbonyl (C=O) groups is 1. The summed E-state index contributed by atoms with van der Waals surface area (Å²) in [6.45, 7) is 0. The molecule has 2 aromatic rings. The molecule has 0 saturated heterocycles. The molecule has 0 atom stereocenters. The zero-order chi connectivity index (χ0) is 14.7. The van der Waals surface area contributed by atoms with E-state index >= 15 is 0 Å². The van der Waals surface area contributed by atoms with Crippen LogP contribution in [0.4, 0.5) is 0 Å². The maximum Gasteiger partial charge on any atom is 0.348 e. The smallest absolute Gasteiger partial charge is 0.348 e. The Kier molecular flexibility index (Phi) is 3.62. The minimum atomic E-state index is -0.761. The Morgan fingerprint density at radius 3 is 2.80 bits per heavy atom. The highest BCUT2D eigenvalue weighted by Crippen LogP contribution is 2.32. The number of benzene rings is 1. The molecule has 1 aromatic heterocycles. The van der Waals surface area contributed by atoms with Crippen LogP contribution < -0.4 is 4.74 Å². The van der Waals surface area contributed by atoms with Crippen molar-refractivity contribution in [2.75, 3.05) is 14.2 Å². The van der Waals surface area contributed by atoms with Crippen molar-refractivity contribution in [1.29, 1.82) is 5.26 Å². The topological polar surface area (TPSA) is 95.3 Å². The summed E-state index contributed by atoms with van der Waals surface area (Å²) in [5.74, 6) is -0.227. The van der Waals surface area contributed by atoms with Gasteiger partial charge in [0, 0.05) is 10.9 Å². The molecule has 0 saturated carbocycles. The molecule has 102 valence electrons. The lowest BCUT2D eigenvalue weighted by atomic mass is 10.2. The van der Waals surface area contributed by atoms with E-state index in [1.807, 2.05) is 0 Å². The van der Waals surface area contributed by atoms with E-state index in [4.69, 9.17) is 10.00 Å². The maximum atomic E-state index is 11.3. The number of nitrogens with zero attached hydrogens (tertiary/aromatic N) is 1. The van der Waals surface area contributed by atoms with Gasteiger partial charge < -0.3 is 19.6 Å². The number of carbonyl (C=O) groups excluding carboxylic acids is 1. The first-order valence-corrected chi connectivity index (χ1v) is 5.69. The molecule has 0 aliphatic rings. The molecule has 0 amide bonds. The highest BCUT2D eigenvalue weighted by atomic mass is 16.5. The van der Waals surface area contributed by atoms with Gasteiger partial charge in [-0.25, -0.2) is 4.79 Å². The summed E-state index contributed by atoms with van der Waals surface area (Å²) < 4.78 is 9.56. The largest absolute Gasteiger partial charge is 0.505 e. The van der Waals surface area contributed by atoms with Gasteiger partial charge >= 0.3 is 5.97 Å². The molecule has 0 fully saturated rings. The number of aromatic nitrogens is 1. The van der Waals surface area contributed by atoms with Crippen LogP contribution >= 0.6 is 0 Å². The molecule has 0 aliphatic heterocycles. The third-order valence-electron chi connectivity index (χ3n) is 2.82. The van der Waals surface area contributed by atoms with Crippen LogP contribution in [0.25, 0.3) is 17.0 Å². The van der Waals surface area contributed by atoms with Crippen molar-refractivity contribution in [3.8, 4) is 17.6 Å². The fraction of sp³-hybridized carbons (Fsp3) is 0.143. The second-order valence-corrected chi connectivity index (χ2v) is 3.96. The summed E-state index contributed by atoms with van der Waals surface area (Å²) >= 11 is 0. The number of methoxy groups -OCH3 is 2. The number of hydrogen-bond acceptors (Lipinski definition) is 5. The van der Waals surface area contributed by atoms with Crippen molar-refractivity contribution in [2.24, 2.45) is 0 Å². The van der Waals surface area contributed by atoms with Crippen LogP contribution in [0.5, 0.6) is 11.5 Å². The van der Waals surface area contributed by atoms with Gasteiger partial charge in [0.1, 0.15) is 23.1 Å². The normalized spacial score (nSPS) is 11.2. The molecule has 2 rings (SSSR count). The second-order valence-electron chi connectivity index (χ2n) is 3.96.